The average Bonchev–Trinajstić information content (AvgIpc) is 2.57. The molecule has 1 aromatic carbocycles. The van der Waals surface area contributed by atoms with Gasteiger partial charge in [-0.25, -0.2) is 14.3 Å². The normalized spacial score (nSPS) is 10.6. The summed E-state index contributed by atoms with van der Waals surface area (Å²) in [7, 11) is 0. The van der Waals surface area contributed by atoms with Gasteiger partial charge in [-0.1, -0.05) is 24.3 Å². The van der Waals surface area contributed by atoms with Crippen molar-refractivity contribution < 1.29 is 14.4 Å². The Kier molecular flexibility index (Phi) is 3.06. The first-order chi connectivity index (χ1) is 8.50. The van der Waals surface area contributed by atoms with Crippen molar-refractivity contribution in [1.29, 1.82) is 0 Å². The molecule has 0 fully saturated rings. The Balaban J connectivity index is 2.43. The standard InChI is InChI=1S/C13H13NO4/c1-8-5-3-4-6-10(8)7-14-9(2)11(12(15)16)13(17)18-14/h3-6H,7H2,1-2H3,(H,15,16). The molecule has 0 saturated heterocycles. The van der Waals surface area contributed by atoms with Crippen molar-refractivity contribution in [3.8, 4) is 0 Å². The van der Waals surface area contributed by atoms with Crippen molar-refractivity contribution in [3.05, 3.63) is 57.1 Å². The van der Waals surface area contributed by atoms with E-state index in [4.69, 9.17) is 9.63 Å². The number of carboxylic acids is 1. The highest BCUT2D eigenvalue weighted by atomic mass is 16.5. The van der Waals surface area contributed by atoms with Crippen LogP contribution < -0.4 is 5.63 Å². The first kappa shape index (κ1) is 12.2. The van der Waals surface area contributed by atoms with E-state index in [0.29, 0.717) is 12.2 Å². The molecule has 1 heterocycles. The minimum Gasteiger partial charge on any atom is -0.477 e. The molecule has 1 N–H and O–H groups in total. The van der Waals surface area contributed by atoms with E-state index in [0.717, 1.165) is 11.1 Å². The quantitative estimate of drug-likeness (QED) is 0.897. The molecule has 94 valence electrons. The second-order valence-corrected chi connectivity index (χ2v) is 4.11. The second-order valence-electron chi connectivity index (χ2n) is 4.11. The average molecular weight is 247 g/mol. The van der Waals surface area contributed by atoms with E-state index >= 15 is 0 Å². The zero-order valence-corrected chi connectivity index (χ0v) is 10.1. The van der Waals surface area contributed by atoms with Crippen LogP contribution in [0.2, 0.25) is 0 Å². The van der Waals surface area contributed by atoms with Crippen LogP contribution in [0.15, 0.2) is 33.6 Å². The van der Waals surface area contributed by atoms with E-state index in [1.54, 1.807) is 6.92 Å². The third kappa shape index (κ3) is 2.07. The molecule has 1 aromatic heterocycles. The number of aromatic carboxylic acids is 1. The summed E-state index contributed by atoms with van der Waals surface area (Å²) in [6.07, 6.45) is 0. The molecule has 0 aliphatic carbocycles. The van der Waals surface area contributed by atoms with Gasteiger partial charge in [-0.15, -0.1) is 0 Å². The first-order valence-electron chi connectivity index (χ1n) is 5.49. The van der Waals surface area contributed by atoms with Crippen LogP contribution in [0.5, 0.6) is 0 Å². The summed E-state index contributed by atoms with van der Waals surface area (Å²) in [4.78, 5) is 22.3. The molecule has 0 bridgehead atoms. The highest BCUT2D eigenvalue weighted by molar-refractivity contribution is 5.88. The third-order valence-electron chi connectivity index (χ3n) is 2.92. The number of carboxylic acid groups (broad SMARTS) is 1. The molecule has 0 aliphatic rings. The van der Waals surface area contributed by atoms with Crippen LogP contribution in [0.1, 0.15) is 27.2 Å². The van der Waals surface area contributed by atoms with Crippen molar-refractivity contribution in [2.24, 2.45) is 0 Å². The number of carbonyl (C=O) groups is 1. The monoisotopic (exact) mass is 247 g/mol. The largest absolute Gasteiger partial charge is 0.477 e. The molecular formula is C13H13NO4. The fraction of sp³-hybridized carbons (Fsp3) is 0.231. The van der Waals surface area contributed by atoms with E-state index in [9.17, 15) is 9.59 Å². The summed E-state index contributed by atoms with van der Waals surface area (Å²) in [5.41, 5.74) is 1.26. The van der Waals surface area contributed by atoms with Crippen molar-refractivity contribution in [1.82, 2.24) is 4.74 Å². The van der Waals surface area contributed by atoms with E-state index in [1.807, 2.05) is 31.2 Å². The molecular weight excluding hydrogens is 234 g/mol. The topological polar surface area (TPSA) is 72.4 Å². The molecule has 2 aromatic rings. The fourth-order valence-corrected chi connectivity index (χ4v) is 1.82. The van der Waals surface area contributed by atoms with Crippen LogP contribution in [-0.2, 0) is 6.54 Å². The minimum atomic E-state index is -1.26. The number of hydrogen-bond acceptors (Lipinski definition) is 3. The summed E-state index contributed by atoms with van der Waals surface area (Å²) in [5.74, 6) is -1.26. The van der Waals surface area contributed by atoms with Gasteiger partial charge in [0.25, 0.3) is 0 Å². The lowest BCUT2D eigenvalue weighted by Gasteiger charge is -2.06. The summed E-state index contributed by atoms with van der Waals surface area (Å²) in [6, 6.07) is 7.66. The van der Waals surface area contributed by atoms with E-state index in [2.05, 4.69) is 0 Å². The van der Waals surface area contributed by atoms with Gasteiger partial charge in [-0.3, -0.25) is 0 Å². The van der Waals surface area contributed by atoms with Crippen molar-refractivity contribution >= 4 is 5.97 Å². The predicted molar refractivity (Wildman–Crippen MR) is 64.9 cm³/mol. The van der Waals surface area contributed by atoms with Gasteiger partial charge >= 0.3 is 11.6 Å². The number of aromatic nitrogens is 1. The fourth-order valence-electron chi connectivity index (χ4n) is 1.82. The highest BCUT2D eigenvalue weighted by Gasteiger charge is 2.20. The molecule has 2 rings (SSSR count). The van der Waals surface area contributed by atoms with E-state index in [1.165, 1.54) is 4.74 Å². The number of nitrogens with zero attached hydrogens (tertiary/aromatic N) is 1. The lowest BCUT2D eigenvalue weighted by molar-refractivity contribution is 0.0693. The molecule has 0 aliphatic heterocycles. The SMILES string of the molecule is Cc1ccccc1Cn1oc(=O)c(C(=O)O)c1C. The van der Waals surface area contributed by atoms with Gasteiger partial charge in [0.15, 0.2) is 5.56 Å². The highest BCUT2D eigenvalue weighted by Crippen LogP contribution is 2.12. The molecule has 5 heteroatoms. The second kappa shape index (κ2) is 4.52. The minimum absolute atomic E-state index is 0.302. The van der Waals surface area contributed by atoms with Crippen LogP contribution in [0.25, 0.3) is 0 Å². The zero-order chi connectivity index (χ0) is 13.3. The van der Waals surface area contributed by atoms with Crippen LogP contribution in [0, 0.1) is 13.8 Å². The Labute approximate surface area is 103 Å². The molecule has 0 spiro atoms. The molecule has 0 saturated carbocycles. The Morgan fingerprint density at radius 3 is 2.56 bits per heavy atom. The molecule has 0 radical (unpaired) electrons. The summed E-state index contributed by atoms with van der Waals surface area (Å²) in [6.45, 7) is 3.86. The van der Waals surface area contributed by atoms with Gasteiger partial charge in [0, 0.05) is 0 Å². The van der Waals surface area contributed by atoms with Gasteiger partial charge in [0.05, 0.1) is 12.2 Å². The lowest BCUT2D eigenvalue weighted by atomic mass is 10.1. The van der Waals surface area contributed by atoms with E-state index < -0.39 is 11.6 Å². The summed E-state index contributed by atoms with van der Waals surface area (Å²) >= 11 is 0. The van der Waals surface area contributed by atoms with Gasteiger partial charge < -0.3 is 9.63 Å². The zero-order valence-electron chi connectivity index (χ0n) is 10.1. The Bertz CT molecular complexity index is 651. The molecule has 0 amide bonds. The Hall–Kier alpha value is -2.30. The van der Waals surface area contributed by atoms with Crippen molar-refractivity contribution in [3.63, 3.8) is 0 Å². The number of benzene rings is 1. The van der Waals surface area contributed by atoms with Crippen molar-refractivity contribution in [2.45, 2.75) is 20.4 Å². The third-order valence-corrected chi connectivity index (χ3v) is 2.92. The summed E-state index contributed by atoms with van der Waals surface area (Å²) < 4.78 is 6.26. The molecule has 0 atom stereocenters. The maximum Gasteiger partial charge on any atom is 0.372 e. The number of rotatable bonds is 3. The Morgan fingerprint density at radius 2 is 2.00 bits per heavy atom. The van der Waals surface area contributed by atoms with Gasteiger partial charge in [0.1, 0.15) is 0 Å². The first-order valence-corrected chi connectivity index (χ1v) is 5.49. The summed E-state index contributed by atoms with van der Waals surface area (Å²) in [5, 5.41) is 8.91. The van der Waals surface area contributed by atoms with Crippen LogP contribution >= 0.6 is 0 Å². The molecule has 5 nitrogen and oxygen atoms in total. The predicted octanol–water partition coefficient (Wildman–Crippen LogP) is 1.80. The maximum atomic E-state index is 11.4. The van der Waals surface area contributed by atoms with Crippen LogP contribution in [0.3, 0.4) is 0 Å². The maximum absolute atomic E-state index is 11.4. The molecule has 0 unspecified atom stereocenters. The number of aryl methyl sites for hydroxylation is 1. The Morgan fingerprint density at radius 1 is 1.33 bits per heavy atom. The lowest BCUT2D eigenvalue weighted by Crippen LogP contribution is -2.09. The molecule has 18 heavy (non-hydrogen) atoms. The number of hydrogen-bond donors (Lipinski definition) is 1. The van der Waals surface area contributed by atoms with Crippen molar-refractivity contribution in [2.75, 3.05) is 0 Å². The smallest absolute Gasteiger partial charge is 0.372 e. The van der Waals surface area contributed by atoms with Gasteiger partial charge in [0.2, 0.25) is 0 Å². The van der Waals surface area contributed by atoms with Crippen LogP contribution in [-0.4, -0.2) is 15.8 Å². The van der Waals surface area contributed by atoms with Crippen LogP contribution in [0.4, 0.5) is 0 Å². The van der Waals surface area contributed by atoms with Gasteiger partial charge in [-0.05, 0) is 25.0 Å². The van der Waals surface area contributed by atoms with E-state index in [-0.39, 0.29) is 5.56 Å². The van der Waals surface area contributed by atoms with Gasteiger partial charge in [-0.2, -0.15) is 0 Å².